The van der Waals surface area contributed by atoms with E-state index in [0.717, 1.165) is 5.56 Å². The fourth-order valence-electron chi connectivity index (χ4n) is 2.03. The van der Waals surface area contributed by atoms with E-state index in [1.807, 2.05) is 6.92 Å². The van der Waals surface area contributed by atoms with E-state index in [-0.39, 0.29) is 36.0 Å². The average molecular weight is 283 g/mol. The molecule has 1 aliphatic heterocycles. The van der Waals surface area contributed by atoms with Crippen LogP contribution in [0.25, 0.3) is 0 Å². The largest absolute Gasteiger partial charge is 0.398 e. The van der Waals surface area contributed by atoms with Gasteiger partial charge in [0.15, 0.2) is 0 Å². The maximum atomic E-state index is 12.5. The van der Waals surface area contributed by atoms with Gasteiger partial charge in [0.05, 0.1) is 5.69 Å². The summed E-state index contributed by atoms with van der Waals surface area (Å²) in [7, 11) is -3.64. The average Bonchev–Trinajstić information content (AvgIpc) is 2.53. The molecule has 0 unspecified atom stereocenters. The second-order valence-electron chi connectivity index (χ2n) is 4.55. The van der Waals surface area contributed by atoms with Crippen LogP contribution in [0.4, 0.5) is 5.69 Å². The van der Waals surface area contributed by atoms with Crippen molar-refractivity contribution in [3.05, 3.63) is 23.8 Å². The molecular weight excluding hydrogens is 266 g/mol. The van der Waals surface area contributed by atoms with Gasteiger partial charge in [-0.05, 0) is 24.6 Å². The predicted molar refractivity (Wildman–Crippen MR) is 72.0 cm³/mol. The van der Waals surface area contributed by atoms with Gasteiger partial charge in [0.1, 0.15) is 4.90 Å². The van der Waals surface area contributed by atoms with Gasteiger partial charge in [0, 0.05) is 26.1 Å². The molecule has 1 saturated heterocycles. The van der Waals surface area contributed by atoms with Crippen molar-refractivity contribution in [3.8, 4) is 0 Å². The van der Waals surface area contributed by atoms with Crippen molar-refractivity contribution in [2.45, 2.75) is 18.2 Å². The third kappa shape index (κ3) is 2.87. The van der Waals surface area contributed by atoms with Crippen molar-refractivity contribution in [2.75, 3.05) is 25.4 Å². The van der Waals surface area contributed by atoms with E-state index < -0.39 is 10.0 Å². The second-order valence-corrected chi connectivity index (χ2v) is 6.45. The van der Waals surface area contributed by atoms with Crippen molar-refractivity contribution in [1.29, 1.82) is 0 Å². The van der Waals surface area contributed by atoms with Crippen LogP contribution in [0.15, 0.2) is 23.1 Å². The first kappa shape index (κ1) is 13.8. The number of anilines is 1. The Bertz CT molecular complexity index is 598. The van der Waals surface area contributed by atoms with Gasteiger partial charge in [-0.2, -0.15) is 4.31 Å². The maximum absolute atomic E-state index is 12.5. The van der Waals surface area contributed by atoms with E-state index in [4.69, 9.17) is 5.73 Å². The van der Waals surface area contributed by atoms with Crippen LogP contribution in [0, 0.1) is 6.92 Å². The van der Waals surface area contributed by atoms with E-state index in [9.17, 15) is 13.2 Å². The lowest BCUT2D eigenvalue weighted by Gasteiger charge is -2.20. The molecule has 0 radical (unpaired) electrons. The van der Waals surface area contributed by atoms with Gasteiger partial charge in [-0.3, -0.25) is 4.79 Å². The first-order chi connectivity index (χ1) is 8.91. The number of nitrogen functional groups attached to an aromatic ring is 1. The zero-order valence-corrected chi connectivity index (χ0v) is 11.5. The van der Waals surface area contributed by atoms with Gasteiger partial charge in [0.2, 0.25) is 15.9 Å². The Morgan fingerprint density at radius 2 is 2.05 bits per heavy atom. The van der Waals surface area contributed by atoms with Crippen LogP contribution in [0.3, 0.4) is 0 Å². The molecule has 0 saturated carbocycles. The Labute approximate surface area is 112 Å². The Balaban J connectivity index is 2.33. The zero-order valence-electron chi connectivity index (χ0n) is 10.7. The number of nitrogens with two attached hydrogens (primary N) is 1. The highest BCUT2D eigenvalue weighted by Gasteiger charge is 2.28. The van der Waals surface area contributed by atoms with Gasteiger partial charge in [-0.15, -0.1) is 0 Å². The van der Waals surface area contributed by atoms with E-state index in [0.29, 0.717) is 6.54 Å². The normalized spacial score (nSPS) is 17.8. The third-order valence-electron chi connectivity index (χ3n) is 3.05. The standard InChI is InChI=1S/C12H17N3O3S/c1-9-2-3-11(10(13)8-9)19(17,18)15-6-4-12(16)14-5-7-15/h2-3,8H,4-7,13H2,1H3,(H,14,16). The molecule has 1 heterocycles. The van der Waals surface area contributed by atoms with Crippen molar-refractivity contribution in [2.24, 2.45) is 0 Å². The van der Waals surface area contributed by atoms with Crippen molar-refractivity contribution >= 4 is 21.6 Å². The number of hydrogen-bond acceptors (Lipinski definition) is 4. The maximum Gasteiger partial charge on any atom is 0.245 e. The summed E-state index contributed by atoms with van der Waals surface area (Å²) in [4.78, 5) is 11.4. The topological polar surface area (TPSA) is 92.5 Å². The minimum atomic E-state index is -3.64. The van der Waals surface area contributed by atoms with E-state index in [2.05, 4.69) is 5.32 Å². The Hall–Kier alpha value is -1.60. The summed E-state index contributed by atoms with van der Waals surface area (Å²) in [6.45, 7) is 2.62. The summed E-state index contributed by atoms with van der Waals surface area (Å²) < 4.78 is 26.3. The molecule has 0 aromatic heterocycles. The second kappa shape index (κ2) is 5.18. The number of nitrogens with zero attached hydrogens (tertiary/aromatic N) is 1. The molecule has 19 heavy (non-hydrogen) atoms. The lowest BCUT2D eigenvalue weighted by molar-refractivity contribution is -0.120. The SMILES string of the molecule is Cc1ccc(S(=O)(=O)N2CCNC(=O)CC2)c(N)c1. The molecule has 0 bridgehead atoms. The van der Waals surface area contributed by atoms with Gasteiger partial charge >= 0.3 is 0 Å². The number of rotatable bonds is 2. The first-order valence-electron chi connectivity index (χ1n) is 6.04. The molecule has 1 aromatic carbocycles. The van der Waals surface area contributed by atoms with Crippen LogP contribution in [0.2, 0.25) is 0 Å². The quantitative estimate of drug-likeness (QED) is 0.752. The van der Waals surface area contributed by atoms with E-state index in [1.54, 1.807) is 12.1 Å². The molecule has 7 heteroatoms. The molecule has 1 fully saturated rings. The van der Waals surface area contributed by atoms with Gasteiger partial charge in [0.25, 0.3) is 0 Å². The minimum Gasteiger partial charge on any atom is -0.398 e. The molecule has 0 aliphatic carbocycles. The minimum absolute atomic E-state index is 0.104. The number of carbonyl (C=O) groups excluding carboxylic acids is 1. The highest BCUT2D eigenvalue weighted by atomic mass is 32.2. The summed E-state index contributed by atoms with van der Waals surface area (Å²) in [5.41, 5.74) is 6.94. The predicted octanol–water partition coefficient (Wildman–Crippen LogP) is 0.0878. The molecular formula is C12H17N3O3S. The molecule has 6 nitrogen and oxygen atoms in total. The monoisotopic (exact) mass is 283 g/mol. The van der Waals surface area contributed by atoms with Crippen molar-refractivity contribution < 1.29 is 13.2 Å². The highest BCUT2D eigenvalue weighted by Crippen LogP contribution is 2.23. The fourth-order valence-corrected chi connectivity index (χ4v) is 3.57. The van der Waals surface area contributed by atoms with E-state index in [1.165, 1.54) is 10.4 Å². The van der Waals surface area contributed by atoms with Crippen LogP contribution < -0.4 is 11.1 Å². The van der Waals surface area contributed by atoms with Gasteiger partial charge in [-0.1, -0.05) is 6.07 Å². The van der Waals surface area contributed by atoms with Crippen LogP contribution in [0.5, 0.6) is 0 Å². The molecule has 1 amide bonds. The molecule has 104 valence electrons. The summed E-state index contributed by atoms with van der Waals surface area (Å²) in [5, 5.41) is 2.65. The van der Waals surface area contributed by atoms with Gasteiger partial charge in [-0.25, -0.2) is 8.42 Å². The fraction of sp³-hybridized carbons (Fsp3) is 0.417. The number of amides is 1. The number of aryl methyl sites for hydroxylation is 1. The third-order valence-corrected chi connectivity index (χ3v) is 5.03. The Morgan fingerprint density at radius 3 is 2.74 bits per heavy atom. The lowest BCUT2D eigenvalue weighted by Crippen LogP contribution is -2.34. The summed E-state index contributed by atoms with van der Waals surface area (Å²) in [6, 6.07) is 4.86. The lowest BCUT2D eigenvalue weighted by atomic mass is 10.2. The smallest absolute Gasteiger partial charge is 0.245 e. The molecule has 1 aromatic rings. The molecule has 1 aliphatic rings. The molecule has 3 N–H and O–H groups in total. The Kier molecular flexibility index (Phi) is 3.77. The highest BCUT2D eigenvalue weighted by molar-refractivity contribution is 7.89. The molecule has 0 spiro atoms. The van der Waals surface area contributed by atoms with Crippen LogP contribution >= 0.6 is 0 Å². The van der Waals surface area contributed by atoms with Crippen molar-refractivity contribution in [3.63, 3.8) is 0 Å². The summed E-state index contributed by atoms with van der Waals surface area (Å²) in [6.07, 6.45) is 0.172. The Morgan fingerprint density at radius 1 is 1.32 bits per heavy atom. The number of nitrogens with one attached hydrogen (secondary N) is 1. The number of sulfonamides is 1. The van der Waals surface area contributed by atoms with Crippen LogP contribution in [-0.2, 0) is 14.8 Å². The van der Waals surface area contributed by atoms with Crippen molar-refractivity contribution in [1.82, 2.24) is 9.62 Å². The van der Waals surface area contributed by atoms with Gasteiger partial charge < -0.3 is 11.1 Å². The molecule has 0 atom stereocenters. The first-order valence-corrected chi connectivity index (χ1v) is 7.48. The van der Waals surface area contributed by atoms with Crippen LogP contribution in [0.1, 0.15) is 12.0 Å². The number of carbonyl (C=O) groups is 1. The number of benzene rings is 1. The van der Waals surface area contributed by atoms with E-state index >= 15 is 0 Å². The summed E-state index contributed by atoms with van der Waals surface area (Å²) >= 11 is 0. The number of hydrogen-bond donors (Lipinski definition) is 2. The summed E-state index contributed by atoms with van der Waals surface area (Å²) in [5.74, 6) is -0.130. The molecule has 2 rings (SSSR count). The van der Waals surface area contributed by atoms with Crippen LogP contribution in [-0.4, -0.2) is 38.3 Å². The zero-order chi connectivity index (χ0) is 14.0.